The molecule has 3 aromatic carbocycles. The fourth-order valence-corrected chi connectivity index (χ4v) is 6.14. The Hall–Kier alpha value is -5.61. The normalized spacial score (nSPS) is 14.6. The SMILES string of the molecule is O=C(NCc1ccc(-c2ccccn2)cc1)C(=Cc1ccc(C(F)(F)F)nc1)[C@H](Cc1ccccc1)C(=O)N1CCN(Cc2ccccc2)CC1. The van der Waals surface area contributed by atoms with Crippen molar-refractivity contribution < 1.29 is 22.8 Å². The van der Waals surface area contributed by atoms with Gasteiger partial charge in [0.25, 0.3) is 0 Å². The largest absolute Gasteiger partial charge is 0.433 e. The van der Waals surface area contributed by atoms with Gasteiger partial charge in [-0.1, -0.05) is 97.1 Å². The van der Waals surface area contributed by atoms with Crippen molar-refractivity contribution in [2.75, 3.05) is 26.2 Å². The number of nitrogens with one attached hydrogen (secondary N) is 1. The average molecular weight is 690 g/mol. The number of carbonyl (C=O) groups excluding carboxylic acids is 2. The third kappa shape index (κ3) is 9.55. The summed E-state index contributed by atoms with van der Waals surface area (Å²) in [5.74, 6) is -1.60. The van der Waals surface area contributed by atoms with E-state index in [9.17, 15) is 22.8 Å². The number of aromatic nitrogens is 2. The quantitative estimate of drug-likeness (QED) is 0.150. The third-order valence-corrected chi connectivity index (χ3v) is 8.92. The van der Waals surface area contributed by atoms with Crippen molar-refractivity contribution in [1.82, 2.24) is 25.1 Å². The Morgan fingerprint density at radius 3 is 2.02 bits per heavy atom. The maximum Gasteiger partial charge on any atom is 0.433 e. The van der Waals surface area contributed by atoms with Crippen molar-refractivity contribution >= 4 is 17.9 Å². The topological polar surface area (TPSA) is 78.4 Å². The highest BCUT2D eigenvalue weighted by Crippen LogP contribution is 2.29. The second-order valence-electron chi connectivity index (χ2n) is 12.5. The number of carbonyl (C=O) groups is 2. The molecule has 260 valence electrons. The highest BCUT2D eigenvalue weighted by Gasteiger charge is 2.34. The number of hydrogen-bond acceptors (Lipinski definition) is 5. The van der Waals surface area contributed by atoms with Crippen molar-refractivity contribution in [3.05, 3.63) is 161 Å². The van der Waals surface area contributed by atoms with Crippen molar-refractivity contribution in [2.45, 2.75) is 25.7 Å². The molecule has 6 rings (SSSR count). The van der Waals surface area contributed by atoms with Crippen LogP contribution < -0.4 is 5.32 Å². The zero-order valence-corrected chi connectivity index (χ0v) is 28.0. The number of rotatable bonds is 11. The molecule has 2 aromatic heterocycles. The zero-order chi connectivity index (χ0) is 35.6. The van der Waals surface area contributed by atoms with Gasteiger partial charge in [0.1, 0.15) is 5.69 Å². The summed E-state index contributed by atoms with van der Waals surface area (Å²) in [6, 6.07) is 35.0. The molecule has 51 heavy (non-hydrogen) atoms. The molecule has 1 atom stereocenters. The van der Waals surface area contributed by atoms with Crippen molar-refractivity contribution in [2.24, 2.45) is 5.92 Å². The van der Waals surface area contributed by atoms with E-state index in [0.717, 1.165) is 41.2 Å². The fourth-order valence-electron chi connectivity index (χ4n) is 6.14. The lowest BCUT2D eigenvalue weighted by Crippen LogP contribution is -2.51. The van der Waals surface area contributed by atoms with Gasteiger partial charge in [-0.15, -0.1) is 0 Å². The van der Waals surface area contributed by atoms with E-state index in [4.69, 9.17) is 0 Å². The number of alkyl halides is 3. The summed E-state index contributed by atoms with van der Waals surface area (Å²) < 4.78 is 40.0. The standard InChI is InChI=1S/C41H38F3N5O2/c42-41(43,44)38-19-16-33(28-46-38)26-35(39(50)47-27-31-14-17-34(18-15-31)37-13-7-8-20-45-37)36(25-30-9-3-1-4-10-30)40(51)49-23-21-48(22-24-49)29-32-11-5-2-6-12-32/h1-20,26,28,36H,21-25,27,29H2,(H,47,50)/t36-/m0/s1. The maximum atomic E-state index is 14.5. The van der Waals surface area contributed by atoms with E-state index >= 15 is 0 Å². The Labute approximate surface area is 295 Å². The summed E-state index contributed by atoms with van der Waals surface area (Å²) >= 11 is 0. The number of halogens is 3. The van der Waals surface area contributed by atoms with Crippen molar-refractivity contribution in [1.29, 1.82) is 0 Å². The molecule has 1 fully saturated rings. The Morgan fingerprint density at radius 1 is 0.745 bits per heavy atom. The smallest absolute Gasteiger partial charge is 0.348 e. The van der Waals surface area contributed by atoms with Gasteiger partial charge in [0, 0.05) is 62.8 Å². The lowest BCUT2D eigenvalue weighted by molar-refractivity contribution is -0.141. The summed E-state index contributed by atoms with van der Waals surface area (Å²) in [4.78, 5) is 40.7. The van der Waals surface area contributed by atoms with Crippen LogP contribution in [0.1, 0.15) is 27.9 Å². The van der Waals surface area contributed by atoms with Gasteiger partial charge in [-0.05, 0) is 52.9 Å². The minimum absolute atomic E-state index is 0.155. The van der Waals surface area contributed by atoms with Crippen LogP contribution in [0.2, 0.25) is 0 Å². The van der Waals surface area contributed by atoms with E-state index in [2.05, 4.69) is 32.3 Å². The van der Waals surface area contributed by atoms with Crippen LogP contribution in [0.3, 0.4) is 0 Å². The van der Waals surface area contributed by atoms with Crippen LogP contribution in [0, 0.1) is 5.92 Å². The molecule has 0 bridgehead atoms. The second-order valence-corrected chi connectivity index (χ2v) is 12.5. The van der Waals surface area contributed by atoms with Gasteiger partial charge in [0.15, 0.2) is 0 Å². The molecular formula is C41H38F3N5O2. The molecule has 0 saturated carbocycles. The molecule has 0 unspecified atom stereocenters. The molecule has 5 aromatic rings. The van der Waals surface area contributed by atoms with Gasteiger partial charge in [0.05, 0.1) is 11.6 Å². The monoisotopic (exact) mass is 689 g/mol. The first-order chi connectivity index (χ1) is 24.7. The Kier molecular flexibility index (Phi) is 11.3. The molecule has 2 amide bonds. The van der Waals surface area contributed by atoms with Crippen LogP contribution in [-0.4, -0.2) is 57.8 Å². The van der Waals surface area contributed by atoms with Gasteiger partial charge in [0.2, 0.25) is 11.8 Å². The molecule has 3 heterocycles. The van der Waals surface area contributed by atoms with Gasteiger partial charge in [-0.25, -0.2) is 0 Å². The van der Waals surface area contributed by atoms with E-state index in [1.165, 1.54) is 17.7 Å². The molecular weight excluding hydrogens is 651 g/mol. The molecule has 1 N–H and O–H groups in total. The molecule has 1 aliphatic heterocycles. The van der Waals surface area contributed by atoms with E-state index in [-0.39, 0.29) is 30.0 Å². The van der Waals surface area contributed by atoms with Crippen LogP contribution in [-0.2, 0) is 35.3 Å². The number of pyridine rings is 2. The second kappa shape index (κ2) is 16.4. The predicted molar refractivity (Wildman–Crippen MR) is 191 cm³/mol. The molecule has 10 heteroatoms. The molecule has 0 aliphatic carbocycles. The Morgan fingerprint density at radius 2 is 1.41 bits per heavy atom. The number of hydrogen-bond donors (Lipinski definition) is 1. The van der Waals surface area contributed by atoms with E-state index in [1.807, 2.05) is 91.0 Å². The number of benzene rings is 3. The Bertz CT molecular complexity index is 1910. The van der Waals surface area contributed by atoms with Crippen LogP contribution in [0.5, 0.6) is 0 Å². The van der Waals surface area contributed by atoms with Crippen LogP contribution in [0.4, 0.5) is 13.2 Å². The van der Waals surface area contributed by atoms with Gasteiger partial charge in [-0.2, -0.15) is 13.2 Å². The molecule has 1 saturated heterocycles. The van der Waals surface area contributed by atoms with Gasteiger partial charge in [-0.3, -0.25) is 24.5 Å². The van der Waals surface area contributed by atoms with E-state index in [1.54, 1.807) is 11.1 Å². The van der Waals surface area contributed by atoms with Crippen LogP contribution >= 0.6 is 0 Å². The molecule has 0 radical (unpaired) electrons. The van der Waals surface area contributed by atoms with Crippen molar-refractivity contribution in [3.8, 4) is 11.3 Å². The fraction of sp³-hybridized carbons (Fsp3) is 0.220. The lowest BCUT2D eigenvalue weighted by atomic mass is 9.88. The summed E-state index contributed by atoms with van der Waals surface area (Å²) in [6.07, 6.45) is -0.0804. The first-order valence-corrected chi connectivity index (χ1v) is 16.9. The van der Waals surface area contributed by atoms with Gasteiger partial charge < -0.3 is 10.2 Å². The Balaban J connectivity index is 1.26. The summed E-state index contributed by atoms with van der Waals surface area (Å²) in [7, 11) is 0. The van der Waals surface area contributed by atoms with Gasteiger partial charge >= 0.3 is 6.18 Å². The summed E-state index contributed by atoms with van der Waals surface area (Å²) in [5.41, 5.74) is 4.04. The maximum absolute atomic E-state index is 14.5. The number of piperazine rings is 1. The van der Waals surface area contributed by atoms with E-state index < -0.39 is 23.7 Å². The van der Waals surface area contributed by atoms with Crippen LogP contribution in [0.25, 0.3) is 17.3 Å². The van der Waals surface area contributed by atoms with Crippen LogP contribution in [0.15, 0.2) is 133 Å². The average Bonchev–Trinajstić information content (AvgIpc) is 3.16. The van der Waals surface area contributed by atoms with Crippen molar-refractivity contribution in [3.63, 3.8) is 0 Å². The number of nitrogens with zero attached hydrogens (tertiary/aromatic N) is 4. The predicted octanol–water partition coefficient (Wildman–Crippen LogP) is 7.07. The molecule has 7 nitrogen and oxygen atoms in total. The summed E-state index contributed by atoms with van der Waals surface area (Å²) in [6.45, 7) is 3.25. The lowest BCUT2D eigenvalue weighted by Gasteiger charge is -2.37. The molecule has 1 aliphatic rings. The third-order valence-electron chi connectivity index (χ3n) is 8.92. The first kappa shape index (κ1) is 35.2. The highest BCUT2D eigenvalue weighted by atomic mass is 19.4. The zero-order valence-electron chi connectivity index (χ0n) is 28.0. The minimum atomic E-state index is -4.61. The first-order valence-electron chi connectivity index (χ1n) is 16.9. The highest BCUT2D eigenvalue weighted by molar-refractivity contribution is 6.04. The molecule has 0 spiro atoms. The summed E-state index contributed by atoms with van der Waals surface area (Å²) in [5, 5.41) is 2.97. The number of amides is 2. The minimum Gasteiger partial charge on any atom is -0.348 e. The van der Waals surface area contributed by atoms with E-state index in [0.29, 0.717) is 26.2 Å².